The van der Waals surface area contributed by atoms with Crippen LogP contribution in [0.25, 0.3) is 0 Å². The average Bonchev–Trinajstić information content (AvgIpc) is 2.90. The summed E-state index contributed by atoms with van der Waals surface area (Å²) in [5, 5.41) is 9.25. The highest BCUT2D eigenvalue weighted by Crippen LogP contribution is 2.34. The van der Waals surface area contributed by atoms with Crippen LogP contribution in [0.2, 0.25) is 0 Å². The molecule has 0 spiro atoms. The third-order valence-corrected chi connectivity index (χ3v) is 4.38. The van der Waals surface area contributed by atoms with Gasteiger partial charge in [0, 0.05) is 0 Å². The molecule has 0 radical (unpaired) electrons. The number of esters is 1. The summed E-state index contributed by atoms with van der Waals surface area (Å²) in [5.74, 6) is 0.340. The maximum atomic E-state index is 11.9. The number of anilines is 4. The van der Waals surface area contributed by atoms with Crippen molar-refractivity contribution in [3.63, 3.8) is 0 Å². The second-order valence-electron chi connectivity index (χ2n) is 5.08. The Balaban J connectivity index is 1.88. The Labute approximate surface area is 141 Å². The van der Waals surface area contributed by atoms with Crippen LogP contribution in [0.4, 0.5) is 22.5 Å². The van der Waals surface area contributed by atoms with Crippen LogP contribution in [-0.2, 0) is 9.53 Å². The van der Waals surface area contributed by atoms with Crippen molar-refractivity contribution >= 4 is 45.7 Å². The molecule has 0 saturated heterocycles. The molecular weight excluding hydrogens is 332 g/mol. The van der Waals surface area contributed by atoms with Crippen molar-refractivity contribution in [3.8, 4) is 0 Å². The van der Waals surface area contributed by atoms with Gasteiger partial charge in [-0.1, -0.05) is 11.3 Å². The van der Waals surface area contributed by atoms with Crippen LogP contribution in [0.15, 0.2) is 6.33 Å². The van der Waals surface area contributed by atoms with Gasteiger partial charge in [0.2, 0.25) is 5.91 Å². The van der Waals surface area contributed by atoms with Gasteiger partial charge in [0.1, 0.15) is 22.9 Å². The van der Waals surface area contributed by atoms with Gasteiger partial charge in [-0.05, 0) is 20.8 Å². The first-order chi connectivity index (χ1) is 11.5. The maximum Gasteiger partial charge on any atom is 0.350 e. The molecule has 2 aromatic rings. The third-order valence-electron chi connectivity index (χ3n) is 3.32. The molecule has 0 fully saturated rings. The number of hydrogen-bond donors (Lipinski definition) is 3. The molecule has 3 rings (SSSR count). The average molecular weight is 348 g/mol. The van der Waals surface area contributed by atoms with Crippen molar-refractivity contribution in [2.75, 3.05) is 22.6 Å². The van der Waals surface area contributed by atoms with E-state index in [0.717, 1.165) is 11.3 Å². The minimum absolute atomic E-state index is 0.178. The standard InChI is InChI=1S/C14H16N6O3S/c1-4-23-13(22)9-6(2)18-14(24-9)20-11-8-10(15-5-16-11)17-7(3)12(21)19-8/h5,7H,4H2,1-3H3,(H,19,21)(H2,15,16,17,18,20). The number of carbonyl (C=O) groups excluding carboxylic acids is 2. The molecule has 10 heteroatoms. The number of aryl methyl sites for hydroxylation is 1. The Bertz CT molecular complexity index is 806. The minimum atomic E-state index is -0.408. The molecule has 0 aromatic carbocycles. The number of nitrogens with one attached hydrogen (secondary N) is 3. The maximum absolute atomic E-state index is 11.9. The highest BCUT2D eigenvalue weighted by molar-refractivity contribution is 7.17. The second-order valence-corrected chi connectivity index (χ2v) is 6.08. The summed E-state index contributed by atoms with van der Waals surface area (Å²) in [5.41, 5.74) is 1.02. The molecule has 9 nitrogen and oxygen atoms in total. The number of aromatic nitrogens is 3. The fourth-order valence-electron chi connectivity index (χ4n) is 2.15. The molecule has 0 saturated carbocycles. The van der Waals surface area contributed by atoms with Gasteiger partial charge in [0.05, 0.1) is 12.3 Å². The van der Waals surface area contributed by atoms with Crippen molar-refractivity contribution < 1.29 is 14.3 Å². The van der Waals surface area contributed by atoms with Crippen LogP contribution < -0.4 is 16.0 Å². The van der Waals surface area contributed by atoms with Gasteiger partial charge in [-0.15, -0.1) is 0 Å². The lowest BCUT2D eigenvalue weighted by Gasteiger charge is -2.24. The van der Waals surface area contributed by atoms with Crippen LogP contribution in [0, 0.1) is 6.92 Å². The van der Waals surface area contributed by atoms with Gasteiger partial charge in [-0.2, -0.15) is 0 Å². The quantitative estimate of drug-likeness (QED) is 0.717. The van der Waals surface area contributed by atoms with Crippen molar-refractivity contribution in [2.45, 2.75) is 26.8 Å². The lowest BCUT2D eigenvalue weighted by atomic mass is 10.2. The zero-order valence-electron chi connectivity index (χ0n) is 13.3. The van der Waals surface area contributed by atoms with E-state index in [9.17, 15) is 9.59 Å². The lowest BCUT2D eigenvalue weighted by molar-refractivity contribution is -0.116. The first-order valence-electron chi connectivity index (χ1n) is 7.33. The second kappa shape index (κ2) is 6.40. The fraction of sp³-hybridized carbons (Fsp3) is 0.357. The van der Waals surface area contributed by atoms with E-state index in [0.29, 0.717) is 39.6 Å². The summed E-state index contributed by atoms with van der Waals surface area (Å²) in [6.45, 7) is 5.52. The van der Waals surface area contributed by atoms with E-state index in [1.165, 1.54) is 6.33 Å². The molecule has 1 amide bonds. The predicted molar refractivity (Wildman–Crippen MR) is 89.8 cm³/mol. The smallest absolute Gasteiger partial charge is 0.350 e. The number of nitrogens with zero attached hydrogens (tertiary/aromatic N) is 3. The van der Waals surface area contributed by atoms with Crippen LogP contribution >= 0.6 is 11.3 Å². The molecule has 0 aliphatic carbocycles. The first-order valence-corrected chi connectivity index (χ1v) is 8.15. The molecule has 3 heterocycles. The highest BCUT2D eigenvalue weighted by Gasteiger charge is 2.26. The number of fused-ring (bicyclic) bond motifs is 1. The highest BCUT2D eigenvalue weighted by atomic mass is 32.1. The van der Waals surface area contributed by atoms with Crippen LogP contribution in [0.5, 0.6) is 0 Å². The summed E-state index contributed by atoms with van der Waals surface area (Å²) in [7, 11) is 0. The number of ether oxygens (including phenoxy) is 1. The molecule has 3 N–H and O–H groups in total. The Hall–Kier alpha value is -2.75. The van der Waals surface area contributed by atoms with E-state index < -0.39 is 5.97 Å². The molecule has 1 aliphatic heterocycles. The van der Waals surface area contributed by atoms with Gasteiger partial charge in [-0.25, -0.2) is 19.7 Å². The van der Waals surface area contributed by atoms with E-state index in [2.05, 4.69) is 30.9 Å². The monoisotopic (exact) mass is 348 g/mol. The van der Waals surface area contributed by atoms with Gasteiger partial charge in [-0.3, -0.25) is 4.79 Å². The summed E-state index contributed by atoms with van der Waals surface area (Å²) in [6.07, 6.45) is 1.38. The van der Waals surface area contributed by atoms with Crippen LogP contribution in [0.1, 0.15) is 29.2 Å². The van der Waals surface area contributed by atoms with Crippen molar-refractivity contribution in [1.82, 2.24) is 15.0 Å². The first kappa shape index (κ1) is 16.1. The topological polar surface area (TPSA) is 118 Å². The normalized spacial score (nSPS) is 16.0. The minimum Gasteiger partial charge on any atom is -0.462 e. The number of carbonyl (C=O) groups is 2. The number of rotatable bonds is 4. The zero-order valence-corrected chi connectivity index (χ0v) is 14.2. The Kier molecular flexibility index (Phi) is 4.30. The van der Waals surface area contributed by atoms with Gasteiger partial charge in [0.15, 0.2) is 16.8 Å². The SMILES string of the molecule is CCOC(=O)c1sc(Nc2ncnc3c2NC(=O)C(C)N3)nc1C. The largest absolute Gasteiger partial charge is 0.462 e. The Morgan fingerprint density at radius 2 is 2.25 bits per heavy atom. The molecule has 2 aromatic heterocycles. The molecule has 1 unspecified atom stereocenters. The van der Waals surface area contributed by atoms with E-state index in [1.807, 2.05) is 0 Å². The van der Waals surface area contributed by atoms with Crippen LogP contribution in [-0.4, -0.2) is 39.5 Å². The van der Waals surface area contributed by atoms with E-state index >= 15 is 0 Å². The zero-order chi connectivity index (χ0) is 17.3. The van der Waals surface area contributed by atoms with Crippen molar-refractivity contribution in [2.24, 2.45) is 0 Å². The van der Waals surface area contributed by atoms with Crippen molar-refractivity contribution in [3.05, 3.63) is 16.9 Å². The molecule has 1 aliphatic rings. The summed E-state index contributed by atoms with van der Waals surface area (Å²) < 4.78 is 5.00. The third kappa shape index (κ3) is 3.00. The lowest BCUT2D eigenvalue weighted by Crippen LogP contribution is -2.37. The van der Waals surface area contributed by atoms with E-state index in [1.54, 1.807) is 20.8 Å². The molecule has 0 bridgehead atoms. The van der Waals surface area contributed by atoms with Crippen LogP contribution in [0.3, 0.4) is 0 Å². The molecular formula is C14H16N6O3S. The van der Waals surface area contributed by atoms with Gasteiger partial charge in [0.25, 0.3) is 0 Å². The molecule has 126 valence electrons. The summed E-state index contributed by atoms with van der Waals surface area (Å²) in [4.78, 5) is 36.7. The number of thiazole rings is 1. The van der Waals surface area contributed by atoms with E-state index in [-0.39, 0.29) is 11.9 Å². The summed E-state index contributed by atoms with van der Waals surface area (Å²) in [6, 6.07) is -0.377. The van der Waals surface area contributed by atoms with Crippen molar-refractivity contribution in [1.29, 1.82) is 0 Å². The number of hydrogen-bond acceptors (Lipinski definition) is 9. The molecule has 1 atom stereocenters. The fourth-order valence-corrected chi connectivity index (χ4v) is 3.01. The molecule has 24 heavy (non-hydrogen) atoms. The summed E-state index contributed by atoms with van der Waals surface area (Å²) >= 11 is 1.16. The number of amides is 1. The predicted octanol–water partition coefficient (Wildman–Crippen LogP) is 1.91. The Morgan fingerprint density at radius 3 is 3.00 bits per heavy atom. The van der Waals surface area contributed by atoms with Gasteiger partial charge < -0.3 is 20.7 Å². The van der Waals surface area contributed by atoms with Gasteiger partial charge >= 0.3 is 5.97 Å². The van der Waals surface area contributed by atoms with E-state index in [4.69, 9.17) is 4.74 Å². The Morgan fingerprint density at radius 1 is 1.46 bits per heavy atom.